The number of anilines is 1. The van der Waals surface area contributed by atoms with Gasteiger partial charge in [-0.05, 0) is 45.8 Å². The van der Waals surface area contributed by atoms with Gasteiger partial charge in [0, 0.05) is 31.4 Å². The first-order chi connectivity index (χ1) is 9.66. The molecule has 1 aliphatic rings. The predicted molar refractivity (Wildman–Crippen MR) is 82.5 cm³/mol. The van der Waals surface area contributed by atoms with Crippen molar-refractivity contribution >= 4 is 5.95 Å². The summed E-state index contributed by atoms with van der Waals surface area (Å²) in [4.78, 5) is 13.0. The van der Waals surface area contributed by atoms with E-state index in [-0.39, 0.29) is 0 Å². The van der Waals surface area contributed by atoms with Crippen molar-refractivity contribution in [3.8, 4) is 11.8 Å². The van der Waals surface area contributed by atoms with E-state index in [0.29, 0.717) is 12.0 Å². The highest BCUT2D eigenvalue weighted by Crippen LogP contribution is 2.27. The Hall–Kier alpha value is -1.60. The van der Waals surface area contributed by atoms with E-state index in [9.17, 15) is 0 Å². The van der Waals surface area contributed by atoms with Crippen LogP contribution in [0.4, 0.5) is 5.95 Å². The molecule has 1 fully saturated rings. The highest BCUT2D eigenvalue weighted by Gasteiger charge is 2.24. The fraction of sp³-hybridized carbons (Fsp3) is 0.625. The SMILES string of the molecule is CN(C)CC#C[C@H]1CC[C@H](N(C)c2ncccn2)CC1. The Morgan fingerprint density at radius 1 is 1.10 bits per heavy atom. The summed E-state index contributed by atoms with van der Waals surface area (Å²) >= 11 is 0. The maximum Gasteiger partial charge on any atom is 0.225 e. The van der Waals surface area contributed by atoms with Crippen LogP contribution in [0.5, 0.6) is 0 Å². The van der Waals surface area contributed by atoms with Crippen molar-refractivity contribution < 1.29 is 0 Å². The zero-order valence-electron chi connectivity index (χ0n) is 12.7. The van der Waals surface area contributed by atoms with Gasteiger partial charge in [-0.25, -0.2) is 9.97 Å². The molecule has 0 N–H and O–H groups in total. The maximum absolute atomic E-state index is 4.32. The number of rotatable bonds is 3. The van der Waals surface area contributed by atoms with Crippen molar-refractivity contribution in [2.75, 3.05) is 32.6 Å². The highest BCUT2D eigenvalue weighted by atomic mass is 15.2. The van der Waals surface area contributed by atoms with Gasteiger partial charge >= 0.3 is 0 Å². The largest absolute Gasteiger partial charge is 0.341 e. The molecule has 1 aromatic rings. The summed E-state index contributed by atoms with van der Waals surface area (Å²) in [5.41, 5.74) is 0. The van der Waals surface area contributed by atoms with E-state index in [0.717, 1.165) is 12.5 Å². The van der Waals surface area contributed by atoms with Gasteiger partial charge in [0.15, 0.2) is 0 Å². The third-order valence-electron chi connectivity index (χ3n) is 3.81. The second-order valence-electron chi connectivity index (χ2n) is 5.72. The van der Waals surface area contributed by atoms with Crippen LogP contribution in [0.1, 0.15) is 25.7 Å². The summed E-state index contributed by atoms with van der Waals surface area (Å²) < 4.78 is 0. The zero-order chi connectivity index (χ0) is 14.4. The molecule has 20 heavy (non-hydrogen) atoms. The first-order valence-electron chi connectivity index (χ1n) is 7.30. The Bertz CT molecular complexity index is 452. The molecule has 1 saturated carbocycles. The van der Waals surface area contributed by atoms with Crippen molar-refractivity contribution in [3.05, 3.63) is 18.5 Å². The number of aromatic nitrogens is 2. The van der Waals surface area contributed by atoms with E-state index in [1.807, 2.05) is 6.07 Å². The van der Waals surface area contributed by atoms with Gasteiger partial charge in [-0.1, -0.05) is 11.8 Å². The van der Waals surface area contributed by atoms with E-state index in [1.54, 1.807) is 12.4 Å². The molecule has 108 valence electrons. The average molecular weight is 272 g/mol. The lowest BCUT2D eigenvalue weighted by Crippen LogP contribution is -2.36. The lowest BCUT2D eigenvalue weighted by atomic mass is 9.86. The summed E-state index contributed by atoms with van der Waals surface area (Å²) in [5.74, 6) is 8.07. The number of hydrogen-bond donors (Lipinski definition) is 0. The van der Waals surface area contributed by atoms with Crippen molar-refractivity contribution in [3.63, 3.8) is 0 Å². The van der Waals surface area contributed by atoms with E-state index in [1.165, 1.54) is 25.7 Å². The minimum Gasteiger partial charge on any atom is -0.341 e. The monoisotopic (exact) mass is 272 g/mol. The Morgan fingerprint density at radius 3 is 2.35 bits per heavy atom. The van der Waals surface area contributed by atoms with Crippen molar-refractivity contribution in [2.24, 2.45) is 5.92 Å². The summed E-state index contributed by atoms with van der Waals surface area (Å²) in [5, 5.41) is 0. The third kappa shape index (κ3) is 4.21. The fourth-order valence-electron chi connectivity index (χ4n) is 2.59. The van der Waals surface area contributed by atoms with Gasteiger partial charge in [-0.2, -0.15) is 0 Å². The van der Waals surface area contributed by atoms with Crippen LogP contribution in [0.25, 0.3) is 0 Å². The second kappa shape index (κ2) is 7.25. The van der Waals surface area contributed by atoms with Crippen molar-refractivity contribution in [1.82, 2.24) is 14.9 Å². The zero-order valence-corrected chi connectivity index (χ0v) is 12.7. The Morgan fingerprint density at radius 2 is 1.75 bits per heavy atom. The van der Waals surface area contributed by atoms with Gasteiger partial charge in [-0.3, -0.25) is 4.90 Å². The second-order valence-corrected chi connectivity index (χ2v) is 5.72. The van der Waals surface area contributed by atoms with E-state index >= 15 is 0 Å². The maximum atomic E-state index is 4.32. The average Bonchev–Trinajstić information content (AvgIpc) is 2.48. The van der Waals surface area contributed by atoms with Crippen LogP contribution in [0.15, 0.2) is 18.5 Å². The number of nitrogens with zero attached hydrogens (tertiary/aromatic N) is 4. The molecule has 0 saturated heterocycles. The normalized spacial score (nSPS) is 22.2. The van der Waals surface area contributed by atoms with Crippen LogP contribution >= 0.6 is 0 Å². The summed E-state index contributed by atoms with van der Waals surface area (Å²) in [6, 6.07) is 2.40. The summed E-state index contributed by atoms with van der Waals surface area (Å²) in [6.07, 6.45) is 8.32. The van der Waals surface area contributed by atoms with Crippen LogP contribution in [-0.2, 0) is 0 Å². The van der Waals surface area contributed by atoms with Crippen molar-refractivity contribution in [2.45, 2.75) is 31.7 Å². The molecule has 1 aromatic heterocycles. The first kappa shape index (κ1) is 14.8. The Labute approximate surface area is 122 Å². The lowest BCUT2D eigenvalue weighted by Gasteiger charge is -2.33. The topological polar surface area (TPSA) is 32.3 Å². The molecular weight excluding hydrogens is 248 g/mol. The Kier molecular flexibility index (Phi) is 5.37. The number of hydrogen-bond acceptors (Lipinski definition) is 4. The standard InChI is InChI=1S/C16H24N4/c1-19(2)13-4-6-14-7-9-15(10-8-14)20(3)16-17-11-5-12-18-16/h5,11-12,14-15H,7-10,13H2,1-3H3/t14-,15-. The van der Waals surface area contributed by atoms with Gasteiger partial charge in [0.25, 0.3) is 0 Å². The molecule has 0 bridgehead atoms. The minimum atomic E-state index is 0.546. The molecule has 0 radical (unpaired) electrons. The molecule has 2 rings (SSSR count). The highest BCUT2D eigenvalue weighted by molar-refractivity contribution is 5.29. The molecule has 0 amide bonds. The van der Waals surface area contributed by atoms with E-state index in [2.05, 4.69) is 52.8 Å². The van der Waals surface area contributed by atoms with Gasteiger partial charge in [0.2, 0.25) is 5.95 Å². The molecule has 0 unspecified atom stereocenters. The van der Waals surface area contributed by atoms with E-state index < -0.39 is 0 Å². The molecule has 1 aliphatic carbocycles. The van der Waals surface area contributed by atoms with Gasteiger partial charge in [0.05, 0.1) is 6.54 Å². The van der Waals surface area contributed by atoms with Crippen LogP contribution in [0, 0.1) is 17.8 Å². The van der Waals surface area contributed by atoms with Crippen LogP contribution in [0.2, 0.25) is 0 Å². The molecule has 4 heteroatoms. The molecular formula is C16H24N4. The molecule has 0 aliphatic heterocycles. The van der Waals surface area contributed by atoms with Crippen molar-refractivity contribution in [1.29, 1.82) is 0 Å². The lowest BCUT2D eigenvalue weighted by molar-refractivity contribution is 0.371. The van der Waals surface area contributed by atoms with Crippen LogP contribution < -0.4 is 4.90 Å². The molecule has 0 spiro atoms. The van der Waals surface area contributed by atoms with Gasteiger partial charge in [0.1, 0.15) is 0 Å². The third-order valence-corrected chi connectivity index (χ3v) is 3.81. The summed E-state index contributed by atoms with van der Waals surface area (Å²) in [6.45, 7) is 0.859. The molecule has 4 nitrogen and oxygen atoms in total. The van der Waals surface area contributed by atoms with Crippen LogP contribution in [0.3, 0.4) is 0 Å². The Balaban J connectivity index is 1.83. The quantitative estimate of drug-likeness (QED) is 0.788. The van der Waals surface area contributed by atoms with Crippen LogP contribution in [-0.4, -0.2) is 48.6 Å². The molecule has 0 atom stereocenters. The summed E-state index contributed by atoms with van der Waals surface area (Å²) in [7, 11) is 6.21. The van der Waals surface area contributed by atoms with E-state index in [4.69, 9.17) is 0 Å². The minimum absolute atomic E-state index is 0.546. The van der Waals surface area contributed by atoms with Gasteiger partial charge < -0.3 is 4.90 Å². The molecule has 0 aromatic carbocycles. The molecule has 1 heterocycles. The predicted octanol–water partition coefficient (Wildman–Crippen LogP) is 2.04. The fourth-order valence-corrected chi connectivity index (χ4v) is 2.59. The first-order valence-corrected chi connectivity index (χ1v) is 7.30. The smallest absolute Gasteiger partial charge is 0.225 e. The van der Waals surface area contributed by atoms with Gasteiger partial charge in [-0.15, -0.1) is 0 Å².